The third kappa shape index (κ3) is 11.8. The van der Waals surface area contributed by atoms with Gasteiger partial charge in [0.1, 0.15) is 0 Å². The maximum Gasteiger partial charge on any atom is 0.339 e. The fourth-order valence-electron chi connectivity index (χ4n) is 13.3. The highest BCUT2D eigenvalue weighted by molar-refractivity contribution is 6.14. The molecule has 0 radical (unpaired) electrons. The molecule has 1 aliphatic carbocycles. The highest BCUT2D eigenvalue weighted by atomic mass is 16.5. The molecule has 0 N–H and O–H groups in total. The Bertz CT molecular complexity index is 2720. The lowest BCUT2D eigenvalue weighted by atomic mass is 9.71. The third-order valence-corrected chi connectivity index (χ3v) is 16.8. The molecule has 8 nitrogen and oxygen atoms in total. The standard InChI is InChI=1S/C34H48O4.C34H46O4/c2*1-9-15-17-25-29-19-27-23(13-5)21(11-3)22(12-4)24(14-6)28(27)20-30(29)26(18-16-10-2)32(34(36)38-8)31(25)33(35)37-7/h9-20H2,1-8H3;19-20H,9-18H2,1-8H3. The average molecular weight is 1040 g/mol. The van der Waals surface area contributed by atoms with Gasteiger partial charge < -0.3 is 18.9 Å². The summed E-state index contributed by atoms with van der Waals surface area (Å²) in [4.78, 5) is 53.4. The van der Waals surface area contributed by atoms with Gasteiger partial charge in [0.25, 0.3) is 0 Å². The minimum Gasteiger partial charge on any atom is -0.465 e. The van der Waals surface area contributed by atoms with Crippen LogP contribution in [-0.4, -0.2) is 52.3 Å². The van der Waals surface area contributed by atoms with E-state index >= 15 is 0 Å². The molecule has 0 saturated heterocycles. The molecule has 5 aromatic carbocycles. The molecule has 76 heavy (non-hydrogen) atoms. The number of hydrogen-bond acceptors (Lipinski definition) is 8. The lowest BCUT2D eigenvalue weighted by Gasteiger charge is -2.33. The van der Waals surface area contributed by atoms with Gasteiger partial charge in [-0.25, -0.2) is 19.2 Å². The zero-order valence-corrected chi connectivity index (χ0v) is 50.0. The number of carbonyl (C=O) groups is 4. The van der Waals surface area contributed by atoms with Gasteiger partial charge in [-0.1, -0.05) is 109 Å². The van der Waals surface area contributed by atoms with Crippen LogP contribution in [0.5, 0.6) is 0 Å². The van der Waals surface area contributed by atoms with Gasteiger partial charge >= 0.3 is 23.9 Å². The fraction of sp³-hybridized carbons (Fsp3) is 0.559. The van der Waals surface area contributed by atoms with Gasteiger partial charge in [0, 0.05) is 0 Å². The van der Waals surface area contributed by atoms with Crippen molar-refractivity contribution in [1.82, 2.24) is 0 Å². The molecule has 0 aliphatic heterocycles. The second-order valence-electron chi connectivity index (χ2n) is 20.7. The van der Waals surface area contributed by atoms with Crippen molar-refractivity contribution in [3.05, 3.63) is 123 Å². The van der Waals surface area contributed by atoms with Gasteiger partial charge in [0.15, 0.2) is 0 Å². The van der Waals surface area contributed by atoms with Gasteiger partial charge in [0.2, 0.25) is 0 Å². The van der Waals surface area contributed by atoms with Crippen LogP contribution in [0.3, 0.4) is 0 Å². The van der Waals surface area contributed by atoms with E-state index in [9.17, 15) is 19.2 Å². The van der Waals surface area contributed by atoms with Crippen molar-refractivity contribution in [1.29, 1.82) is 0 Å². The Morgan fingerprint density at radius 3 is 0.750 bits per heavy atom. The van der Waals surface area contributed by atoms with E-state index in [0.717, 1.165) is 161 Å². The number of esters is 4. The Labute approximate surface area is 457 Å². The van der Waals surface area contributed by atoms with Crippen molar-refractivity contribution < 1.29 is 38.1 Å². The van der Waals surface area contributed by atoms with E-state index in [4.69, 9.17) is 18.9 Å². The van der Waals surface area contributed by atoms with Crippen LogP contribution in [-0.2, 0) is 109 Å². The van der Waals surface area contributed by atoms with Gasteiger partial charge in [-0.15, -0.1) is 0 Å². The largest absolute Gasteiger partial charge is 0.465 e. The van der Waals surface area contributed by atoms with Gasteiger partial charge in [-0.3, -0.25) is 0 Å². The van der Waals surface area contributed by atoms with Crippen LogP contribution in [0, 0.1) is 0 Å². The van der Waals surface area contributed by atoms with Crippen molar-refractivity contribution in [3.8, 4) is 0 Å². The number of rotatable bonds is 24. The molecule has 0 unspecified atom stereocenters. The highest BCUT2D eigenvalue weighted by Gasteiger charge is 2.36. The monoisotopic (exact) mass is 1040 g/mol. The van der Waals surface area contributed by atoms with Gasteiger partial charge in [-0.05, 0) is 238 Å². The van der Waals surface area contributed by atoms with Crippen LogP contribution in [0.15, 0.2) is 12.1 Å². The van der Waals surface area contributed by atoms with E-state index < -0.39 is 23.9 Å². The number of carbonyl (C=O) groups excluding carboxylic acids is 4. The van der Waals surface area contributed by atoms with Crippen molar-refractivity contribution in [3.63, 3.8) is 0 Å². The van der Waals surface area contributed by atoms with E-state index in [1.54, 1.807) is 0 Å². The lowest BCUT2D eigenvalue weighted by molar-refractivity contribution is 0.0552. The van der Waals surface area contributed by atoms with Crippen molar-refractivity contribution in [2.24, 2.45) is 0 Å². The van der Waals surface area contributed by atoms with Crippen LogP contribution in [0.4, 0.5) is 0 Å². The SMILES string of the molecule is CCCCc1c(C(=O)OC)c(C(=O)OC)c(CCCC)c2cc3c(CC)c(CC)c(CC)c(CC)c3cc12.CCCCc1c2c(c(CCCC)c(C(=O)OC)c1C(=O)OC)Cc1c(CC)c(CC)c(CC)c(CC)c1C2. The van der Waals surface area contributed by atoms with Crippen LogP contribution in [0.2, 0.25) is 0 Å². The molecule has 6 rings (SSSR count). The van der Waals surface area contributed by atoms with E-state index in [0.29, 0.717) is 35.1 Å². The van der Waals surface area contributed by atoms with Crippen LogP contribution < -0.4 is 0 Å². The van der Waals surface area contributed by atoms with Crippen LogP contribution in [0.25, 0.3) is 21.5 Å². The highest BCUT2D eigenvalue weighted by Crippen LogP contribution is 2.44. The fourth-order valence-corrected chi connectivity index (χ4v) is 13.3. The quantitative estimate of drug-likeness (QED) is 0.0335. The predicted molar refractivity (Wildman–Crippen MR) is 315 cm³/mol. The lowest BCUT2D eigenvalue weighted by Crippen LogP contribution is -2.26. The molecule has 414 valence electrons. The number of methoxy groups -OCH3 is 4. The molecule has 0 atom stereocenters. The van der Waals surface area contributed by atoms with E-state index in [2.05, 4.69) is 95.2 Å². The Morgan fingerprint density at radius 1 is 0.303 bits per heavy atom. The Morgan fingerprint density at radius 2 is 0.513 bits per heavy atom. The van der Waals surface area contributed by atoms with Crippen molar-refractivity contribution in [2.75, 3.05) is 28.4 Å². The van der Waals surface area contributed by atoms with E-state index in [1.807, 2.05) is 0 Å². The number of fused-ring (bicyclic) bond motifs is 4. The molecule has 0 fully saturated rings. The molecular formula is C68H94O8. The summed E-state index contributed by atoms with van der Waals surface area (Å²) in [7, 11) is 5.61. The summed E-state index contributed by atoms with van der Waals surface area (Å²) < 4.78 is 21.2. The zero-order valence-electron chi connectivity index (χ0n) is 50.0. The predicted octanol–water partition coefficient (Wildman–Crippen LogP) is 16.2. The number of ether oxygens (including phenoxy) is 4. The first kappa shape index (κ1) is 61.4. The van der Waals surface area contributed by atoms with Crippen LogP contribution >= 0.6 is 0 Å². The summed E-state index contributed by atoms with van der Waals surface area (Å²) in [6, 6.07) is 4.66. The molecule has 1 aliphatic rings. The van der Waals surface area contributed by atoms with Gasteiger partial charge in [0.05, 0.1) is 50.7 Å². The first-order chi connectivity index (χ1) is 36.8. The third-order valence-electron chi connectivity index (χ3n) is 16.8. The normalized spacial score (nSPS) is 11.8. The molecule has 5 aromatic rings. The number of hydrogen-bond donors (Lipinski definition) is 0. The summed E-state index contributed by atoms with van der Waals surface area (Å²) >= 11 is 0. The smallest absolute Gasteiger partial charge is 0.339 e. The number of unbranched alkanes of at least 4 members (excludes halogenated alkanes) is 4. The molecule has 0 saturated carbocycles. The topological polar surface area (TPSA) is 105 Å². The molecule has 0 heterocycles. The maximum absolute atomic E-state index is 13.4. The second-order valence-corrected chi connectivity index (χ2v) is 20.7. The Kier molecular flexibility index (Phi) is 23.2. The summed E-state index contributed by atoms with van der Waals surface area (Å²) in [6.45, 7) is 26.7. The molecule has 0 spiro atoms. The summed E-state index contributed by atoms with van der Waals surface area (Å²) in [5.41, 5.74) is 22.7. The summed E-state index contributed by atoms with van der Waals surface area (Å²) in [5.74, 6) is -1.78. The summed E-state index contributed by atoms with van der Waals surface area (Å²) in [6.07, 6.45) is 20.3. The Hall–Kier alpha value is -5.50. The van der Waals surface area contributed by atoms with E-state index in [-0.39, 0.29) is 0 Å². The summed E-state index contributed by atoms with van der Waals surface area (Å²) in [5, 5.41) is 4.72. The number of aryl methyl sites for hydroxylation is 4. The zero-order chi connectivity index (χ0) is 56.0. The molecule has 0 aromatic heterocycles. The van der Waals surface area contributed by atoms with Crippen LogP contribution in [0.1, 0.15) is 265 Å². The first-order valence-corrected chi connectivity index (χ1v) is 29.6. The minimum absolute atomic E-state index is 0.389. The molecule has 0 amide bonds. The average Bonchev–Trinajstić information content (AvgIpc) is 3.46. The van der Waals surface area contributed by atoms with Crippen molar-refractivity contribution in [2.45, 2.75) is 224 Å². The molecular weight excluding hydrogens is 945 g/mol. The molecule has 8 heteroatoms. The number of benzene rings is 5. The second kappa shape index (κ2) is 28.8. The van der Waals surface area contributed by atoms with Gasteiger partial charge in [-0.2, -0.15) is 0 Å². The maximum atomic E-state index is 13.4. The Balaban J connectivity index is 0.000000281. The minimum atomic E-state index is -0.461. The first-order valence-electron chi connectivity index (χ1n) is 29.6. The molecule has 0 bridgehead atoms. The van der Waals surface area contributed by atoms with E-state index in [1.165, 1.54) is 106 Å². The van der Waals surface area contributed by atoms with Crippen molar-refractivity contribution >= 4 is 45.4 Å².